The molecule has 0 aliphatic rings. The third-order valence-electron chi connectivity index (χ3n) is 2.31. The van der Waals surface area contributed by atoms with E-state index in [2.05, 4.69) is 44.1 Å². The van der Waals surface area contributed by atoms with Crippen LogP contribution in [-0.4, -0.2) is 19.3 Å². The van der Waals surface area contributed by atoms with Gasteiger partial charge in [0.15, 0.2) is 0 Å². The number of allylic oxidation sites excluding steroid dienone is 1. The van der Waals surface area contributed by atoms with Crippen molar-refractivity contribution >= 4 is 5.71 Å². The summed E-state index contributed by atoms with van der Waals surface area (Å²) in [6.45, 7) is 9.56. The van der Waals surface area contributed by atoms with Crippen LogP contribution in [0.4, 0.5) is 0 Å². The second-order valence-corrected chi connectivity index (χ2v) is 3.72. The van der Waals surface area contributed by atoms with E-state index in [0.717, 1.165) is 13.0 Å². The van der Waals surface area contributed by atoms with Crippen molar-refractivity contribution in [2.75, 3.05) is 13.6 Å². The molecule has 2 nitrogen and oxygen atoms in total. The Kier molecular flexibility index (Phi) is 5.44. The van der Waals surface area contributed by atoms with E-state index in [9.17, 15) is 0 Å². The maximum atomic E-state index is 4.49. The van der Waals surface area contributed by atoms with Crippen LogP contribution in [0.15, 0.2) is 17.3 Å². The number of rotatable bonds is 5. The second kappa shape index (κ2) is 5.79. The van der Waals surface area contributed by atoms with Gasteiger partial charge in [-0.2, -0.15) is 0 Å². The Morgan fingerprint density at radius 2 is 2.00 bits per heavy atom. The Bertz CT molecular complexity index is 190. The Balaban J connectivity index is 4.61. The first kappa shape index (κ1) is 12.2. The molecule has 0 bridgehead atoms. The molecule has 0 heterocycles. The third-order valence-corrected chi connectivity index (χ3v) is 2.31. The van der Waals surface area contributed by atoms with Crippen LogP contribution in [0.5, 0.6) is 0 Å². The van der Waals surface area contributed by atoms with Crippen molar-refractivity contribution in [3.8, 4) is 0 Å². The standard InChI is InChI=1S/C11H22N2/c1-6-11(3,4)10(13-7-2)8-9-12-5/h8-9,12H,6-7H2,1-5H3/b9-8-,13-10-. The van der Waals surface area contributed by atoms with Crippen molar-refractivity contribution in [1.82, 2.24) is 5.32 Å². The predicted octanol–water partition coefficient (Wildman–Crippen LogP) is 2.62. The summed E-state index contributed by atoms with van der Waals surface area (Å²) in [4.78, 5) is 4.49. The van der Waals surface area contributed by atoms with Gasteiger partial charge in [-0.15, -0.1) is 0 Å². The number of nitrogens with one attached hydrogen (secondary N) is 1. The quantitative estimate of drug-likeness (QED) is 0.649. The van der Waals surface area contributed by atoms with E-state index >= 15 is 0 Å². The van der Waals surface area contributed by atoms with Gasteiger partial charge in [0, 0.05) is 24.7 Å². The third kappa shape index (κ3) is 4.11. The van der Waals surface area contributed by atoms with E-state index in [0.29, 0.717) is 0 Å². The first-order valence-corrected chi connectivity index (χ1v) is 4.97. The maximum Gasteiger partial charge on any atom is 0.0418 e. The summed E-state index contributed by atoms with van der Waals surface area (Å²) >= 11 is 0. The van der Waals surface area contributed by atoms with Crippen molar-refractivity contribution in [1.29, 1.82) is 0 Å². The fourth-order valence-electron chi connectivity index (χ4n) is 1.01. The largest absolute Gasteiger partial charge is 0.394 e. The average molecular weight is 182 g/mol. The molecule has 0 saturated carbocycles. The zero-order chi connectivity index (χ0) is 10.3. The van der Waals surface area contributed by atoms with Gasteiger partial charge in [0.05, 0.1) is 0 Å². The minimum atomic E-state index is 0.184. The normalized spacial score (nSPS) is 13.8. The Morgan fingerprint density at radius 1 is 1.38 bits per heavy atom. The molecule has 0 saturated heterocycles. The summed E-state index contributed by atoms with van der Waals surface area (Å²) in [5.74, 6) is 0. The molecule has 0 rings (SSSR count). The van der Waals surface area contributed by atoms with Gasteiger partial charge in [-0.25, -0.2) is 0 Å². The SMILES string of the molecule is CC/N=C(/C=C\NC)C(C)(C)CC. The molecule has 0 amide bonds. The number of aliphatic imine (C=N–C) groups is 1. The average Bonchev–Trinajstić information content (AvgIpc) is 2.12. The van der Waals surface area contributed by atoms with Crippen LogP contribution in [0.3, 0.4) is 0 Å². The van der Waals surface area contributed by atoms with E-state index in [1.807, 2.05) is 13.2 Å². The van der Waals surface area contributed by atoms with Crippen LogP contribution in [-0.2, 0) is 0 Å². The minimum Gasteiger partial charge on any atom is -0.394 e. The van der Waals surface area contributed by atoms with Gasteiger partial charge in [-0.1, -0.05) is 20.8 Å². The monoisotopic (exact) mass is 182 g/mol. The van der Waals surface area contributed by atoms with Crippen LogP contribution < -0.4 is 5.32 Å². The van der Waals surface area contributed by atoms with E-state index < -0.39 is 0 Å². The summed E-state index contributed by atoms with van der Waals surface area (Å²) in [5, 5.41) is 2.99. The molecule has 13 heavy (non-hydrogen) atoms. The Labute approximate surface area is 82.1 Å². The summed E-state index contributed by atoms with van der Waals surface area (Å²) in [6.07, 6.45) is 5.11. The van der Waals surface area contributed by atoms with Gasteiger partial charge in [0.1, 0.15) is 0 Å². The molecule has 0 aromatic heterocycles. The van der Waals surface area contributed by atoms with Crippen molar-refractivity contribution in [2.24, 2.45) is 10.4 Å². The highest BCUT2D eigenvalue weighted by Crippen LogP contribution is 2.22. The molecule has 0 unspecified atom stereocenters. The summed E-state index contributed by atoms with van der Waals surface area (Å²) in [6, 6.07) is 0. The molecule has 0 atom stereocenters. The lowest BCUT2D eigenvalue weighted by atomic mass is 9.84. The molecule has 0 aliphatic carbocycles. The first-order chi connectivity index (χ1) is 6.08. The maximum absolute atomic E-state index is 4.49. The molecular weight excluding hydrogens is 160 g/mol. The highest BCUT2D eigenvalue weighted by Gasteiger charge is 2.19. The summed E-state index contributed by atoms with van der Waals surface area (Å²) < 4.78 is 0. The van der Waals surface area contributed by atoms with Crippen molar-refractivity contribution in [3.63, 3.8) is 0 Å². The minimum absolute atomic E-state index is 0.184. The lowest BCUT2D eigenvalue weighted by Crippen LogP contribution is -2.22. The van der Waals surface area contributed by atoms with Gasteiger partial charge in [0.2, 0.25) is 0 Å². The van der Waals surface area contributed by atoms with Gasteiger partial charge in [-0.3, -0.25) is 4.99 Å². The Morgan fingerprint density at radius 3 is 2.38 bits per heavy atom. The molecule has 0 aromatic rings. The lowest BCUT2D eigenvalue weighted by Gasteiger charge is -2.22. The fraction of sp³-hybridized carbons (Fsp3) is 0.727. The van der Waals surface area contributed by atoms with Gasteiger partial charge in [0.25, 0.3) is 0 Å². The molecule has 0 fully saturated rings. The zero-order valence-electron chi connectivity index (χ0n) is 9.52. The lowest BCUT2D eigenvalue weighted by molar-refractivity contribution is 0.503. The van der Waals surface area contributed by atoms with Gasteiger partial charge >= 0.3 is 0 Å². The van der Waals surface area contributed by atoms with Crippen LogP contribution in [0.1, 0.15) is 34.1 Å². The predicted molar refractivity (Wildman–Crippen MR) is 60.2 cm³/mol. The highest BCUT2D eigenvalue weighted by atomic mass is 14.8. The zero-order valence-corrected chi connectivity index (χ0v) is 9.52. The van der Waals surface area contributed by atoms with Crippen LogP contribution in [0.25, 0.3) is 0 Å². The molecular formula is C11H22N2. The first-order valence-electron chi connectivity index (χ1n) is 4.97. The van der Waals surface area contributed by atoms with E-state index in [4.69, 9.17) is 0 Å². The van der Waals surface area contributed by atoms with E-state index in [1.165, 1.54) is 5.71 Å². The Hall–Kier alpha value is -0.790. The second-order valence-electron chi connectivity index (χ2n) is 3.72. The molecule has 0 aliphatic heterocycles. The molecule has 1 N–H and O–H groups in total. The van der Waals surface area contributed by atoms with Crippen molar-refractivity contribution < 1.29 is 0 Å². The molecule has 0 radical (unpaired) electrons. The van der Waals surface area contributed by atoms with Crippen molar-refractivity contribution in [3.05, 3.63) is 12.3 Å². The van der Waals surface area contributed by atoms with Crippen LogP contribution in [0.2, 0.25) is 0 Å². The van der Waals surface area contributed by atoms with Gasteiger partial charge in [-0.05, 0) is 25.6 Å². The molecule has 2 heteroatoms. The fourth-order valence-corrected chi connectivity index (χ4v) is 1.01. The van der Waals surface area contributed by atoms with Crippen LogP contribution in [0, 0.1) is 5.41 Å². The van der Waals surface area contributed by atoms with Crippen LogP contribution >= 0.6 is 0 Å². The van der Waals surface area contributed by atoms with Crippen molar-refractivity contribution in [2.45, 2.75) is 34.1 Å². The summed E-state index contributed by atoms with van der Waals surface area (Å²) in [7, 11) is 1.90. The summed E-state index contributed by atoms with van der Waals surface area (Å²) in [5.41, 5.74) is 1.36. The van der Waals surface area contributed by atoms with E-state index in [-0.39, 0.29) is 5.41 Å². The smallest absolute Gasteiger partial charge is 0.0418 e. The van der Waals surface area contributed by atoms with Gasteiger partial charge < -0.3 is 5.32 Å². The molecule has 0 aromatic carbocycles. The molecule has 76 valence electrons. The highest BCUT2D eigenvalue weighted by molar-refractivity contribution is 5.99. The number of hydrogen-bond donors (Lipinski definition) is 1. The number of hydrogen-bond acceptors (Lipinski definition) is 2. The van der Waals surface area contributed by atoms with E-state index in [1.54, 1.807) is 0 Å². The molecule has 0 spiro atoms. The topological polar surface area (TPSA) is 24.4 Å². The number of nitrogens with zero attached hydrogens (tertiary/aromatic N) is 1.